The molecule has 0 atom stereocenters. The molecule has 0 aromatic carbocycles. The second-order valence-electron chi connectivity index (χ2n) is 4.07. The lowest BCUT2D eigenvalue weighted by molar-refractivity contribution is 0.0941. The average molecular weight is 312 g/mol. The molecule has 10 nitrogen and oxygen atoms in total. The molecule has 0 unspecified atom stereocenters. The van der Waals surface area contributed by atoms with Crippen LogP contribution in [0.5, 0.6) is 0 Å². The molecule has 0 radical (unpaired) electrons. The van der Waals surface area contributed by atoms with E-state index in [1.165, 1.54) is 43.4 Å². The fraction of sp³-hybridized carbons (Fsp3) is 0.0769. The first-order chi connectivity index (χ1) is 11.2. The number of nitrogens with one attached hydrogen (secondary N) is 2. The summed E-state index contributed by atoms with van der Waals surface area (Å²) in [5.74, 6) is -1.01. The molecule has 23 heavy (non-hydrogen) atoms. The van der Waals surface area contributed by atoms with Crippen LogP contribution in [0.15, 0.2) is 47.4 Å². The van der Waals surface area contributed by atoms with Crippen molar-refractivity contribution in [2.75, 3.05) is 0 Å². The van der Waals surface area contributed by atoms with Crippen molar-refractivity contribution < 1.29 is 9.59 Å². The van der Waals surface area contributed by atoms with Crippen molar-refractivity contribution in [3.05, 3.63) is 48.6 Å². The van der Waals surface area contributed by atoms with Crippen LogP contribution < -0.4 is 10.9 Å². The normalized spacial score (nSPS) is 11.3. The molecule has 2 heterocycles. The minimum atomic E-state index is -0.509. The minimum absolute atomic E-state index is 0.134. The first kappa shape index (κ1) is 15.8. The monoisotopic (exact) mass is 312 g/mol. The number of hydrazone groups is 2. The van der Waals surface area contributed by atoms with Crippen LogP contribution in [-0.4, -0.2) is 43.7 Å². The molecule has 10 heteroatoms. The Kier molecular flexibility index (Phi) is 5.52. The van der Waals surface area contributed by atoms with Crippen molar-refractivity contribution in [3.8, 4) is 0 Å². The summed E-state index contributed by atoms with van der Waals surface area (Å²) in [4.78, 5) is 38.5. The Morgan fingerprint density at radius 3 is 2.04 bits per heavy atom. The SMILES string of the molecule is CC(C=NNC(=O)c1cnccn1)=NNC(=O)c1cnccn1. The lowest BCUT2D eigenvalue weighted by Gasteiger charge is -1.99. The van der Waals surface area contributed by atoms with Gasteiger partial charge >= 0.3 is 0 Å². The summed E-state index contributed by atoms with van der Waals surface area (Å²) in [6.45, 7) is 1.59. The van der Waals surface area contributed by atoms with Crippen molar-refractivity contribution in [2.45, 2.75) is 6.92 Å². The molecule has 2 aromatic rings. The largest absolute Gasteiger partial charge is 0.291 e. The van der Waals surface area contributed by atoms with E-state index in [1.54, 1.807) is 6.92 Å². The van der Waals surface area contributed by atoms with Crippen LogP contribution in [0, 0.1) is 0 Å². The molecule has 2 aromatic heterocycles. The molecule has 0 aliphatic heterocycles. The van der Waals surface area contributed by atoms with Crippen molar-refractivity contribution in [1.29, 1.82) is 0 Å². The second-order valence-corrected chi connectivity index (χ2v) is 4.07. The maximum absolute atomic E-state index is 11.7. The van der Waals surface area contributed by atoms with Gasteiger partial charge in [-0.1, -0.05) is 0 Å². The van der Waals surface area contributed by atoms with Crippen molar-refractivity contribution in [3.63, 3.8) is 0 Å². The topological polar surface area (TPSA) is 134 Å². The molecular weight excluding hydrogens is 300 g/mol. The van der Waals surface area contributed by atoms with E-state index in [4.69, 9.17) is 0 Å². The standard InChI is InChI=1S/C13H12N8O2/c1-9(19-21-13(23)11-8-15-3-5-17-11)6-18-20-12(22)10-7-14-2-4-16-10/h2-8H,1H3,(H,20,22)(H,21,23). The van der Waals surface area contributed by atoms with Gasteiger partial charge in [0.15, 0.2) is 0 Å². The Balaban J connectivity index is 1.85. The van der Waals surface area contributed by atoms with Crippen LogP contribution in [-0.2, 0) is 0 Å². The first-order valence-electron chi connectivity index (χ1n) is 6.37. The molecule has 0 fully saturated rings. The van der Waals surface area contributed by atoms with Gasteiger partial charge in [0.2, 0.25) is 0 Å². The third-order valence-electron chi connectivity index (χ3n) is 2.34. The van der Waals surface area contributed by atoms with Gasteiger partial charge in [-0.3, -0.25) is 19.6 Å². The van der Waals surface area contributed by atoms with Crippen LogP contribution in [0.25, 0.3) is 0 Å². The fourth-order valence-electron chi connectivity index (χ4n) is 1.30. The predicted molar refractivity (Wildman–Crippen MR) is 80.6 cm³/mol. The third kappa shape index (κ3) is 5.04. The molecule has 0 aliphatic rings. The predicted octanol–water partition coefficient (Wildman–Crippen LogP) is -0.212. The van der Waals surface area contributed by atoms with Crippen molar-refractivity contribution in [2.24, 2.45) is 10.2 Å². The summed E-state index contributed by atoms with van der Waals surface area (Å²) in [7, 11) is 0. The van der Waals surface area contributed by atoms with Gasteiger partial charge in [0.1, 0.15) is 11.4 Å². The van der Waals surface area contributed by atoms with Gasteiger partial charge in [-0.05, 0) is 6.92 Å². The smallest absolute Gasteiger partial charge is 0.265 e. The van der Waals surface area contributed by atoms with Crippen LogP contribution >= 0.6 is 0 Å². The van der Waals surface area contributed by atoms with E-state index < -0.39 is 11.8 Å². The summed E-state index contributed by atoms with van der Waals surface area (Å²) in [6.07, 6.45) is 9.60. The number of amides is 2. The molecule has 0 bridgehead atoms. The Hall–Kier alpha value is -3.56. The minimum Gasteiger partial charge on any atom is -0.265 e. The number of hydrogen-bond acceptors (Lipinski definition) is 8. The maximum Gasteiger partial charge on any atom is 0.291 e. The third-order valence-corrected chi connectivity index (χ3v) is 2.34. The highest BCUT2D eigenvalue weighted by atomic mass is 16.2. The number of rotatable bonds is 5. The molecule has 0 spiro atoms. The summed E-state index contributed by atoms with van der Waals surface area (Å²) >= 11 is 0. The highest BCUT2D eigenvalue weighted by molar-refractivity contribution is 6.29. The van der Waals surface area contributed by atoms with E-state index in [2.05, 4.69) is 41.0 Å². The second kappa shape index (κ2) is 8.02. The number of nitrogens with zero attached hydrogens (tertiary/aromatic N) is 6. The molecule has 116 valence electrons. The van der Waals surface area contributed by atoms with Crippen LogP contribution in [0.1, 0.15) is 27.9 Å². The lowest BCUT2D eigenvalue weighted by atomic mass is 10.4. The van der Waals surface area contributed by atoms with E-state index >= 15 is 0 Å². The number of carbonyl (C=O) groups is 2. The summed E-state index contributed by atoms with van der Waals surface area (Å²) in [6, 6.07) is 0. The highest BCUT2D eigenvalue weighted by Crippen LogP contribution is 1.90. The fourth-order valence-corrected chi connectivity index (χ4v) is 1.30. The Morgan fingerprint density at radius 1 is 0.957 bits per heavy atom. The zero-order chi connectivity index (χ0) is 16.5. The lowest BCUT2D eigenvalue weighted by Crippen LogP contribution is -2.22. The van der Waals surface area contributed by atoms with Gasteiger partial charge < -0.3 is 0 Å². The van der Waals surface area contributed by atoms with E-state index in [9.17, 15) is 9.59 Å². The van der Waals surface area contributed by atoms with Crippen molar-refractivity contribution in [1.82, 2.24) is 30.8 Å². The maximum atomic E-state index is 11.7. The van der Waals surface area contributed by atoms with Crippen LogP contribution in [0.2, 0.25) is 0 Å². The number of aromatic nitrogens is 4. The first-order valence-corrected chi connectivity index (χ1v) is 6.37. The van der Waals surface area contributed by atoms with E-state index in [1.807, 2.05) is 0 Å². The summed E-state index contributed by atoms with van der Waals surface area (Å²) < 4.78 is 0. The zero-order valence-electron chi connectivity index (χ0n) is 12.0. The molecule has 2 amide bonds. The molecule has 0 aliphatic carbocycles. The quantitative estimate of drug-likeness (QED) is 0.579. The van der Waals surface area contributed by atoms with Crippen LogP contribution in [0.3, 0.4) is 0 Å². The Labute approximate surface area is 130 Å². The molecular formula is C13H12N8O2. The number of carbonyl (C=O) groups excluding carboxylic acids is 2. The Bertz CT molecular complexity index is 730. The zero-order valence-corrected chi connectivity index (χ0v) is 12.0. The molecule has 0 saturated carbocycles. The van der Waals surface area contributed by atoms with Crippen LogP contribution in [0.4, 0.5) is 0 Å². The van der Waals surface area contributed by atoms with E-state index in [0.717, 1.165) is 0 Å². The molecule has 2 rings (SSSR count). The summed E-state index contributed by atoms with van der Waals surface area (Å²) in [5.41, 5.74) is 5.18. The van der Waals surface area contributed by atoms with Gasteiger partial charge in [0.05, 0.1) is 24.3 Å². The highest BCUT2D eigenvalue weighted by Gasteiger charge is 2.05. The van der Waals surface area contributed by atoms with E-state index in [-0.39, 0.29) is 11.4 Å². The summed E-state index contributed by atoms with van der Waals surface area (Å²) in [5, 5.41) is 7.49. The molecule has 0 saturated heterocycles. The Morgan fingerprint density at radius 2 is 1.52 bits per heavy atom. The van der Waals surface area contributed by atoms with Crippen molar-refractivity contribution >= 4 is 23.7 Å². The van der Waals surface area contributed by atoms with Gasteiger partial charge in [0, 0.05) is 24.8 Å². The van der Waals surface area contributed by atoms with Gasteiger partial charge in [0.25, 0.3) is 11.8 Å². The van der Waals surface area contributed by atoms with Gasteiger partial charge in [-0.15, -0.1) is 0 Å². The average Bonchev–Trinajstić information content (AvgIpc) is 2.61. The van der Waals surface area contributed by atoms with Gasteiger partial charge in [-0.2, -0.15) is 10.2 Å². The van der Waals surface area contributed by atoms with E-state index in [0.29, 0.717) is 5.71 Å². The number of hydrogen-bond donors (Lipinski definition) is 2. The van der Waals surface area contributed by atoms with Gasteiger partial charge in [-0.25, -0.2) is 20.8 Å². The molecule has 2 N–H and O–H groups in total.